The van der Waals surface area contributed by atoms with Crippen molar-refractivity contribution in [2.45, 2.75) is 19.3 Å². The Balaban J connectivity index is 1.80. The zero-order valence-electron chi connectivity index (χ0n) is 13.2. The lowest BCUT2D eigenvalue weighted by Crippen LogP contribution is -2.40. The van der Waals surface area contributed by atoms with Crippen molar-refractivity contribution in [1.29, 1.82) is 0 Å². The minimum Gasteiger partial charge on any atom is -0.379 e. The Morgan fingerprint density at radius 2 is 2.19 bits per heavy atom. The lowest BCUT2D eigenvalue weighted by Gasteiger charge is -2.26. The standard InChI is InChI=1S/C15H27N3O3/c1-16(2)10-13-11-18(8-9-21-12-13)15(20)5-7-17-6-3-4-14(17)19/h13H,3-12H2,1-2H3/t13-/m1/s1. The SMILES string of the molecule is CN(C)C[C@H]1COCCN(C(=O)CCN2CCCC2=O)C1. The number of hydrogen-bond acceptors (Lipinski definition) is 4. The average molecular weight is 297 g/mol. The molecule has 1 atom stereocenters. The molecule has 0 aromatic heterocycles. The summed E-state index contributed by atoms with van der Waals surface area (Å²) in [6.45, 7) is 5.03. The summed E-state index contributed by atoms with van der Waals surface area (Å²) < 4.78 is 5.60. The lowest BCUT2D eigenvalue weighted by atomic mass is 10.1. The molecule has 2 aliphatic rings. The number of amides is 2. The first-order valence-corrected chi connectivity index (χ1v) is 7.84. The zero-order chi connectivity index (χ0) is 15.2. The van der Waals surface area contributed by atoms with E-state index in [0.29, 0.717) is 45.1 Å². The summed E-state index contributed by atoms with van der Waals surface area (Å²) in [7, 11) is 4.08. The van der Waals surface area contributed by atoms with Crippen LogP contribution in [0.4, 0.5) is 0 Å². The highest BCUT2D eigenvalue weighted by Crippen LogP contribution is 2.12. The number of nitrogens with zero attached hydrogens (tertiary/aromatic N) is 3. The molecular formula is C15H27N3O3. The summed E-state index contributed by atoms with van der Waals surface area (Å²) in [5.74, 6) is 0.691. The first-order chi connectivity index (χ1) is 10.1. The third-order valence-electron chi connectivity index (χ3n) is 4.08. The molecule has 0 bridgehead atoms. The monoisotopic (exact) mass is 297 g/mol. The summed E-state index contributed by atoms with van der Waals surface area (Å²) in [6, 6.07) is 0. The molecule has 2 heterocycles. The Hall–Kier alpha value is -1.14. The number of likely N-dealkylation sites (tertiary alicyclic amines) is 1. The van der Waals surface area contributed by atoms with Gasteiger partial charge in [-0.05, 0) is 20.5 Å². The maximum absolute atomic E-state index is 12.4. The van der Waals surface area contributed by atoms with E-state index in [1.165, 1.54) is 0 Å². The van der Waals surface area contributed by atoms with E-state index in [2.05, 4.69) is 4.90 Å². The van der Waals surface area contributed by atoms with Crippen molar-refractivity contribution in [2.75, 3.05) is 60.0 Å². The Bertz CT molecular complexity index is 373. The van der Waals surface area contributed by atoms with E-state index in [9.17, 15) is 9.59 Å². The molecule has 0 aromatic rings. The molecule has 2 amide bonds. The van der Waals surface area contributed by atoms with Crippen LogP contribution in [0.2, 0.25) is 0 Å². The molecule has 0 N–H and O–H groups in total. The largest absolute Gasteiger partial charge is 0.379 e. The Morgan fingerprint density at radius 1 is 1.38 bits per heavy atom. The molecule has 120 valence electrons. The van der Waals surface area contributed by atoms with E-state index < -0.39 is 0 Å². The van der Waals surface area contributed by atoms with Crippen LogP contribution in [0.5, 0.6) is 0 Å². The normalized spacial score (nSPS) is 23.8. The molecule has 6 nitrogen and oxygen atoms in total. The third-order valence-corrected chi connectivity index (χ3v) is 4.08. The van der Waals surface area contributed by atoms with E-state index in [-0.39, 0.29) is 11.8 Å². The second-order valence-electron chi connectivity index (χ2n) is 6.28. The Morgan fingerprint density at radius 3 is 2.86 bits per heavy atom. The van der Waals surface area contributed by atoms with Crippen molar-refractivity contribution in [3.63, 3.8) is 0 Å². The van der Waals surface area contributed by atoms with Crippen LogP contribution in [0.15, 0.2) is 0 Å². The predicted molar refractivity (Wildman–Crippen MR) is 79.9 cm³/mol. The highest BCUT2D eigenvalue weighted by molar-refractivity contribution is 5.80. The van der Waals surface area contributed by atoms with Crippen LogP contribution in [-0.2, 0) is 14.3 Å². The Labute approximate surface area is 127 Å². The number of rotatable bonds is 5. The van der Waals surface area contributed by atoms with Gasteiger partial charge in [0, 0.05) is 51.5 Å². The van der Waals surface area contributed by atoms with Gasteiger partial charge in [0.15, 0.2) is 0 Å². The van der Waals surface area contributed by atoms with E-state index in [0.717, 1.165) is 26.1 Å². The molecule has 21 heavy (non-hydrogen) atoms. The van der Waals surface area contributed by atoms with Gasteiger partial charge < -0.3 is 19.4 Å². The molecule has 2 saturated heterocycles. The van der Waals surface area contributed by atoms with E-state index in [1.54, 1.807) is 0 Å². The minimum atomic E-state index is 0.143. The number of carbonyl (C=O) groups is 2. The first-order valence-electron chi connectivity index (χ1n) is 7.84. The predicted octanol–water partition coefficient (Wildman–Crippen LogP) is 0.0355. The molecule has 2 rings (SSSR count). The van der Waals surface area contributed by atoms with Crippen LogP contribution in [0.3, 0.4) is 0 Å². The zero-order valence-corrected chi connectivity index (χ0v) is 13.2. The molecule has 0 radical (unpaired) electrons. The second kappa shape index (κ2) is 7.75. The van der Waals surface area contributed by atoms with Gasteiger partial charge in [-0.2, -0.15) is 0 Å². The fraction of sp³-hybridized carbons (Fsp3) is 0.867. The maximum atomic E-state index is 12.4. The summed E-state index contributed by atoms with van der Waals surface area (Å²) in [6.07, 6.45) is 1.99. The van der Waals surface area contributed by atoms with E-state index in [1.807, 2.05) is 23.9 Å². The van der Waals surface area contributed by atoms with Gasteiger partial charge in [-0.25, -0.2) is 0 Å². The van der Waals surface area contributed by atoms with Crippen molar-refractivity contribution >= 4 is 11.8 Å². The molecular weight excluding hydrogens is 270 g/mol. The summed E-state index contributed by atoms with van der Waals surface area (Å²) in [4.78, 5) is 29.8. The molecule has 0 saturated carbocycles. The Kier molecular flexibility index (Phi) is 5.99. The molecule has 2 aliphatic heterocycles. The smallest absolute Gasteiger partial charge is 0.224 e. The minimum absolute atomic E-state index is 0.143. The third kappa shape index (κ3) is 4.97. The van der Waals surface area contributed by atoms with Gasteiger partial charge in [-0.3, -0.25) is 9.59 Å². The quantitative estimate of drug-likeness (QED) is 0.719. The van der Waals surface area contributed by atoms with Crippen molar-refractivity contribution in [2.24, 2.45) is 5.92 Å². The first kappa shape index (κ1) is 16.2. The fourth-order valence-corrected chi connectivity index (χ4v) is 3.06. The van der Waals surface area contributed by atoms with Crippen molar-refractivity contribution in [3.8, 4) is 0 Å². The van der Waals surface area contributed by atoms with Gasteiger partial charge >= 0.3 is 0 Å². The molecule has 0 aliphatic carbocycles. The number of hydrogen-bond donors (Lipinski definition) is 0. The maximum Gasteiger partial charge on any atom is 0.224 e. The highest BCUT2D eigenvalue weighted by Gasteiger charge is 2.25. The molecule has 0 unspecified atom stereocenters. The average Bonchev–Trinajstić information content (AvgIpc) is 2.70. The van der Waals surface area contributed by atoms with E-state index in [4.69, 9.17) is 4.74 Å². The summed E-state index contributed by atoms with van der Waals surface area (Å²) in [5.41, 5.74) is 0. The van der Waals surface area contributed by atoms with Crippen molar-refractivity contribution < 1.29 is 14.3 Å². The van der Waals surface area contributed by atoms with Gasteiger partial charge in [-0.15, -0.1) is 0 Å². The summed E-state index contributed by atoms with van der Waals surface area (Å²) in [5, 5.41) is 0. The van der Waals surface area contributed by atoms with Crippen molar-refractivity contribution in [3.05, 3.63) is 0 Å². The molecule has 6 heteroatoms. The van der Waals surface area contributed by atoms with Crippen LogP contribution >= 0.6 is 0 Å². The number of ether oxygens (including phenoxy) is 1. The topological polar surface area (TPSA) is 53.1 Å². The number of carbonyl (C=O) groups excluding carboxylic acids is 2. The van der Waals surface area contributed by atoms with Crippen LogP contribution in [0.25, 0.3) is 0 Å². The van der Waals surface area contributed by atoms with Gasteiger partial charge in [0.1, 0.15) is 0 Å². The lowest BCUT2D eigenvalue weighted by molar-refractivity contribution is -0.133. The fourth-order valence-electron chi connectivity index (χ4n) is 3.06. The summed E-state index contributed by atoms with van der Waals surface area (Å²) >= 11 is 0. The second-order valence-corrected chi connectivity index (χ2v) is 6.28. The van der Waals surface area contributed by atoms with Gasteiger partial charge in [0.2, 0.25) is 11.8 Å². The molecule has 2 fully saturated rings. The van der Waals surface area contributed by atoms with Crippen molar-refractivity contribution in [1.82, 2.24) is 14.7 Å². The van der Waals surface area contributed by atoms with Crippen LogP contribution < -0.4 is 0 Å². The van der Waals surface area contributed by atoms with E-state index >= 15 is 0 Å². The molecule has 0 spiro atoms. The van der Waals surface area contributed by atoms with Crippen LogP contribution in [0, 0.1) is 5.92 Å². The van der Waals surface area contributed by atoms with Gasteiger partial charge in [0.25, 0.3) is 0 Å². The highest BCUT2D eigenvalue weighted by atomic mass is 16.5. The molecule has 0 aromatic carbocycles. The van der Waals surface area contributed by atoms with Gasteiger partial charge in [0.05, 0.1) is 13.2 Å². The van der Waals surface area contributed by atoms with Gasteiger partial charge in [-0.1, -0.05) is 0 Å². The van der Waals surface area contributed by atoms with Crippen LogP contribution in [-0.4, -0.2) is 86.5 Å². The van der Waals surface area contributed by atoms with Crippen LogP contribution in [0.1, 0.15) is 19.3 Å².